The first-order chi connectivity index (χ1) is 18.5. The Morgan fingerprint density at radius 1 is 1.15 bits per heavy atom. The van der Waals surface area contributed by atoms with Crippen LogP contribution in [0.25, 0.3) is 22.0 Å². The molecule has 2 atom stereocenters. The molecule has 0 aliphatic carbocycles. The predicted molar refractivity (Wildman–Crippen MR) is 152 cm³/mol. The highest BCUT2D eigenvalue weighted by molar-refractivity contribution is 7.99. The fraction of sp³-hybridized carbons (Fsp3) is 0.483. The van der Waals surface area contributed by atoms with E-state index in [9.17, 15) is 14.0 Å². The first-order valence-corrected chi connectivity index (χ1v) is 14.2. The number of aryl methyl sites for hydroxylation is 1. The zero-order valence-corrected chi connectivity index (χ0v) is 24.1. The molecular weight excluding hydrogens is 519 g/mol. The van der Waals surface area contributed by atoms with Gasteiger partial charge in [-0.15, -0.1) is 11.8 Å². The fourth-order valence-corrected chi connectivity index (χ4v) is 6.74. The minimum Gasteiger partial charge on any atom is -0.444 e. The molecular formula is C29H35FN4O4S. The molecule has 0 bridgehead atoms. The van der Waals surface area contributed by atoms with E-state index in [0.29, 0.717) is 37.7 Å². The number of nitrogens with zero attached hydrogens (tertiary/aromatic N) is 4. The van der Waals surface area contributed by atoms with Gasteiger partial charge in [0, 0.05) is 54.4 Å². The molecule has 0 saturated carbocycles. The van der Waals surface area contributed by atoms with Crippen LogP contribution in [0, 0.1) is 12.7 Å². The molecule has 3 aromatic rings. The minimum atomic E-state index is -0.570. The Balaban J connectivity index is 1.63. The summed E-state index contributed by atoms with van der Waals surface area (Å²) in [6.07, 6.45) is -0.495. The molecule has 2 aliphatic rings. The molecule has 208 valence electrons. The van der Waals surface area contributed by atoms with Crippen LogP contribution in [0.3, 0.4) is 0 Å². The Labute approximate surface area is 232 Å². The lowest BCUT2D eigenvalue weighted by molar-refractivity contribution is 0.0218. The van der Waals surface area contributed by atoms with Gasteiger partial charge in [0.25, 0.3) is 0 Å². The second-order valence-corrected chi connectivity index (χ2v) is 12.3. The number of halogens is 1. The number of hydrogen-bond acceptors (Lipinski definition) is 7. The summed E-state index contributed by atoms with van der Waals surface area (Å²) < 4.78 is 26.8. The monoisotopic (exact) mass is 554 g/mol. The lowest BCUT2D eigenvalue weighted by atomic mass is 9.97. The molecule has 0 spiro atoms. The van der Waals surface area contributed by atoms with Crippen molar-refractivity contribution in [3.63, 3.8) is 0 Å². The lowest BCUT2D eigenvalue weighted by Gasteiger charge is -2.41. The summed E-state index contributed by atoms with van der Waals surface area (Å²) in [6.45, 7) is 11.5. The van der Waals surface area contributed by atoms with E-state index in [1.165, 1.54) is 12.1 Å². The summed E-state index contributed by atoms with van der Waals surface area (Å²) in [5, 5.41) is 0.884. The molecule has 0 unspecified atom stereocenters. The third-order valence-corrected chi connectivity index (χ3v) is 8.44. The van der Waals surface area contributed by atoms with E-state index in [-0.39, 0.29) is 29.7 Å². The van der Waals surface area contributed by atoms with E-state index in [2.05, 4.69) is 16.0 Å². The van der Waals surface area contributed by atoms with Crippen LogP contribution in [0.1, 0.15) is 33.3 Å². The van der Waals surface area contributed by atoms with E-state index < -0.39 is 5.60 Å². The number of aromatic nitrogens is 2. The number of methoxy groups -OCH3 is 1. The second-order valence-electron chi connectivity index (χ2n) is 11.3. The molecule has 1 fully saturated rings. The predicted octanol–water partition coefficient (Wildman–Crippen LogP) is 5.08. The number of hydrogen-bond donors (Lipinski definition) is 0. The van der Waals surface area contributed by atoms with Crippen molar-refractivity contribution in [2.75, 3.05) is 37.4 Å². The van der Waals surface area contributed by atoms with Gasteiger partial charge in [-0.2, -0.15) is 4.98 Å². The lowest BCUT2D eigenvalue weighted by Crippen LogP contribution is -2.55. The molecule has 10 heteroatoms. The first kappa shape index (κ1) is 27.5. The molecule has 3 heterocycles. The molecule has 2 aromatic carbocycles. The van der Waals surface area contributed by atoms with E-state index in [1.54, 1.807) is 40.5 Å². The van der Waals surface area contributed by atoms with Crippen LogP contribution in [0.4, 0.5) is 15.0 Å². The van der Waals surface area contributed by atoms with E-state index in [4.69, 9.17) is 9.47 Å². The summed E-state index contributed by atoms with van der Waals surface area (Å²) in [4.78, 5) is 35.7. The van der Waals surface area contributed by atoms with Crippen LogP contribution in [-0.2, 0) is 16.0 Å². The molecule has 1 amide bonds. The van der Waals surface area contributed by atoms with Crippen molar-refractivity contribution in [2.45, 2.75) is 63.8 Å². The van der Waals surface area contributed by atoms with Gasteiger partial charge >= 0.3 is 11.8 Å². The minimum absolute atomic E-state index is 0.0812. The van der Waals surface area contributed by atoms with Gasteiger partial charge in [-0.05, 0) is 63.9 Å². The van der Waals surface area contributed by atoms with Gasteiger partial charge in [-0.25, -0.2) is 14.0 Å². The van der Waals surface area contributed by atoms with Gasteiger partial charge in [-0.3, -0.25) is 4.57 Å². The van der Waals surface area contributed by atoms with E-state index in [1.807, 2.05) is 34.6 Å². The quantitative estimate of drug-likeness (QED) is 0.447. The van der Waals surface area contributed by atoms with Gasteiger partial charge in [0.2, 0.25) is 0 Å². The Morgan fingerprint density at radius 2 is 1.87 bits per heavy atom. The molecule has 39 heavy (non-hydrogen) atoms. The number of thioether (sulfide) groups is 1. The van der Waals surface area contributed by atoms with Crippen LogP contribution in [0.15, 0.2) is 40.0 Å². The zero-order valence-electron chi connectivity index (χ0n) is 23.3. The highest BCUT2D eigenvalue weighted by atomic mass is 32.2. The normalized spacial score (nSPS) is 19.8. The first-order valence-electron chi connectivity index (χ1n) is 13.2. The number of piperazine rings is 1. The van der Waals surface area contributed by atoms with E-state index in [0.717, 1.165) is 32.5 Å². The maximum absolute atomic E-state index is 13.8. The van der Waals surface area contributed by atoms with Crippen LogP contribution >= 0.6 is 11.8 Å². The van der Waals surface area contributed by atoms with Crippen molar-refractivity contribution >= 4 is 34.6 Å². The van der Waals surface area contributed by atoms with Gasteiger partial charge in [0.15, 0.2) is 0 Å². The Kier molecular flexibility index (Phi) is 7.37. The topological polar surface area (TPSA) is 76.9 Å². The average molecular weight is 555 g/mol. The summed E-state index contributed by atoms with van der Waals surface area (Å²) in [6, 6.07) is 8.48. The second kappa shape index (κ2) is 10.5. The summed E-state index contributed by atoms with van der Waals surface area (Å²) in [5.74, 6) is 0.997. The van der Waals surface area contributed by atoms with Crippen molar-refractivity contribution in [1.82, 2.24) is 14.5 Å². The molecule has 0 N–H and O–H groups in total. The standard InChI is InChI=1S/C29H35FN4O4S/c1-17-13-22-24-25(23(17)19-7-9-20(30)10-8-19)39-16-21(37-6)15-34(24)27(35)31-26(22)33-12-11-32(14-18(33)2)28(36)38-29(3,4)5/h7-10,13,18,21H,11-12,14-16H2,1-6H3/t18-,21-/m0/s1. The highest BCUT2D eigenvalue weighted by Crippen LogP contribution is 2.43. The van der Waals surface area contributed by atoms with Crippen molar-refractivity contribution in [3.8, 4) is 11.1 Å². The zero-order chi connectivity index (χ0) is 28.1. The Morgan fingerprint density at radius 3 is 2.51 bits per heavy atom. The average Bonchev–Trinajstić information content (AvgIpc) is 3.07. The Hall–Kier alpha value is -3.11. The SMILES string of the molecule is CO[C@@H]1CSc2c(-c3ccc(F)cc3)c(C)cc3c(N4CCN(C(=O)OC(C)(C)C)C[C@@H]4C)nc(=O)n(c23)C1. The highest BCUT2D eigenvalue weighted by Gasteiger charge is 2.33. The number of benzene rings is 2. The molecule has 2 aliphatic heterocycles. The van der Waals surface area contributed by atoms with Crippen LogP contribution in [0.2, 0.25) is 0 Å². The maximum atomic E-state index is 13.8. The third-order valence-electron chi connectivity index (χ3n) is 7.21. The molecule has 5 rings (SSSR count). The molecule has 1 saturated heterocycles. The number of anilines is 1. The smallest absolute Gasteiger partial charge is 0.410 e. The van der Waals surface area contributed by atoms with Gasteiger partial charge in [-0.1, -0.05) is 12.1 Å². The summed E-state index contributed by atoms with van der Waals surface area (Å²) >= 11 is 1.65. The van der Waals surface area contributed by atoms with Crippen molar-refractivity contribution < 1.29 is 18.7 Å². The summed E-state index contributed by atoms with van der Waals surface area (Å²) in [5.41, 5.74) is 2.81. The van der Waals surface area contributed by atoms with Gasteiger partial charge < -0.3 is 19.3 Å². The number of rotatable bonds is 3. The number of ether oxygens (including phenoxy) is 2. The molecule has 1 aromatic heterocycles. The number of carbonyl (C=O) groups is 1. The maximum Gasteiger partial charge on any atom is 0.410 e. The van der Waals surface area contributed by atoms with Crippen molar-refractivity contribution in [2.24, 2.45) is 0 Å². The van der Waals surface area contributed by atoms with Crippen LogP contribution in [-0.4, -0.2) is 70.8 Å². The van der Waals surface area contributed by atoms with E-state index >= 15 is 0 Å². The van der Waals surface area contributed by atoms with Crippen molar-refractivity contribution in [1.29, 1.82) is 0 Å². The third kappa shape index (κ3) is 5.36. The molecule has 0 radical (unpaired) electrons. The molecule has 8 nitrogen and oxygen atoms in total. The Bertz CT molecular complexity index is 1470. The van der Waals surface area contributed by atoms with Gasteiger partial charge in [0.1, 0.15) is 17.2 Å². The fourth-order valence-electron chi connectivity index (χ4n) is 5.37. The van der Waals surface area contributed by atoms with Crippen LogP contribution in [0.5, 0.6) is 0 Å². The largest absolute Gasteiger partial charge is 0.444 e. The number of amides is 1. The van der Waals surface area contributed by atoms with Gasteiger partial charge in [0.05, 0.1) is 18.2 Å². The van der Waals surface area contributed by atoms with Crippen molar-refractivity contribution in [3.05, 3.63) is 52.2 Å². The summed E-state index contributed by atoms with van der Waals surface area (Å²) in [7, 11) is 1.66. The number of carbonyl (C=O) groups excluding carboxylic acids is 1. The van der Waals surface area contributed by atoms with Crippen LogP contribution < -0.4 is 10.6 Å².